The van der Waals surface area contributed by atoms with Gasteiger partial charge in [-0.2, -0.15) is 0 Å². The van der Waals surface area contributed by atoms with Gasteiger partial charge in [-0.1, -0.05) is 23.2 Å². The van der Waals surface area contributed by atoms with E-state index in [-0.39, 0.29) is 0 Å². The third kappa shape index (κ3) is 2.28. The molecule has 1 aliphatic heterocycles. The Morgan fingerprint density at radius 2 is 1.80 bits per heavy atom. The summed E-state index contributed by atoms with van der Waals surface area (Å²) in [6.07, 6.45) is 0. The minimum Gasteiger partial charge on any atom is -0.306 e. The maximum absolute atomic E-state index is 6.04. The summed E-state index contributed by atoms with van der Waals surface area (Å²) in [5.41, 5.74) is 1.24. The fourth-order valence-electron chi connectivity index (χ4n) is 1.97. The van der Waals surface area contributed by atoms with Gasteiger partial charge in [-0.25, -0.2) is 0 Å². The molecule has 82 valence electrons. The number of hydrogen-bond donors (Lipinski definition) is 1. The van der Waals surface area contributed by atoms with Crippen LogP contribution in [-0.2, 0) is 0 Å². The third-order valence-electron chi connectivity index (χ3n) is 3.09. The first-order valence-corrected chi connectivity index (χ1v) is 5.88. The Hall–Kier alpha value is -0.280. The molecule has 0 bridgehead atoms. The second-order valence-corrected chi connectivity index (χ2v) is 5.01. The smallest absolute Gasteiger partial charge is 0.134 e. The lowest BCUT2D eigenvalue weighted by atomic mass is 10.2. The number of halogens is 2. The molecular formula is C11H15Cl2N2+. The van der Waals surface area contributed by atoms with Crippen LogP contribution in [0.1, 0.15) is 0 Å². The maximum Gasteiger partial charge on any atom is 0.134 e. The van der Waals surface area contributed by atoms with E-state index in [1.54, 1.807) is 0 Å². The molecule has 0 spiro atoms. The lowest BCUT2D eigenvalue weighted by molar-refractivity contribution is 0.288. The van der Waals surface area contributed by atoms with Gasteiger partial charge in [0.15, 0.2) is 0 Å². The minimum absolute atomic E-state index is 0.627. The van der Waals surface area contributed by atoms with Crippen LogP contribution >= 0.6 is 23.2 Å². The highest BCUT2D eigenvalue weighted by molar-refractivity contribution is 6.42. The minimum atomic E-state index is 0.627. The van der Waals surface area contributed by atoms with Gasteiger partial charge >= 0.3 is 0 Å². The van der Waals surface area contributed by atoms with Gasteiger partial charge in [0.25, 0.3) is 0 Å². The summed E-state index contributed by atoms with van der Waals surface area (Å²) in [6.45, 7) is 4.30. The van der Waals surface area contributed by atoms with Crippen LogP contribution in [0.2, 0.25) is 10.0 Å². The number of hydrogen-bond acceptors (Lipinski definition) is 1. The average Bonchev–Trinajstić information content (AvgIpc) is 2.23. The first-order valence-electron chi connectivity index (χ1n) is 5.13. The van der Waals surface area contributed by atoms with Gasteiger partial charge in [0.2, 0.25) is 0 Å². The van der Waals surface area contributed by atoms with Crippen LogP contribution in [0.4, 0.5) is 5.69 Å². The van der Waals surface area contributed by atoms with E-state index in [4.69, 9.17) is 23.2 Å². The van der Waals surface area contributed by atoms with Crippen molar-refractivity contribution in [2.75, 3.05) is 33.2 Å². The van der Waals surface area contributed by atoms with E-state index in [1.807, 2.05) is 12.1 Å². The van der Waals surface area contributed by atoms with Crippen LogP contribution in [0, 0.1) is 0 Å². The average molecular weight is 246 g/mol. The summed E-state index contributed by atoms with van der Waals surface area (Å²) in [5, 5.41) is 4.63. The van der Waals surface area contributed by atoms with Crippen LogP contribution < -0.4 is 9.80 Å². The van der Waals surface area contributed by atoms with Crippen LogP contribution in [0.15, 0.2) is 18.2 Å². The molecule has 1 aliphatic rings. The van der Waals surface area contributed by atoms with Crippen molar-refractivity contribution in [2.24, 2.45) is 0 Å². The Balaban J connectivity index is 2.31. The molecule has 0 unspecified atom stereocenters. The highest BCUT2D eigenvalue weighted by atomic mass is 35.5. The Morgan fingerprint density at radius 1 is 1.13 bits per heavy atom. The van der Waals surface area contributed by atoms with Crippen LogP contribution in [-0.4, -0.2) is 33.2 Å². The lowest BCUT2D eigenvalue weighted by Crippen LogP contribution is -2.57. The predicted molar refractivity (Wildman–Crippen MR) is 66.8 cm³/mol. The summed E-state index contributed by atoms with van der Waals surface area (Å²) < 4.78 is 0.934. The molecule has 0 radical (unpaired) electrons. The van der Waals surface area contributed by atoms with Crippen molar-refractivity contribution in [3.05, 3.63) is 28.2 Å². The van der Waals surface area contributed by atoms with Gasteiger partial charge in [-0.05, 0) is 6.07 Å². The molecule has 15 heavy (non-hydrogen) atoms. The zero-order chi connectivity index (χ0) is 10.9. The van der Waals surface area contributed by atoms with Crippen molar-refractivity contribution in [3.63, 3.8) is 0 Å². The predicted octanol–water partition coefficient (Wildman–Crippen LogP) is 2.53. The molecule has 2 nitrogen and oxygen atoms in total. The molecule has 1 N–H and O–H groups in total. The van der Waals surface area contributed by atoms with Crippen LogP contribution in [0.5, 0.6) is 0 Å². The molecule has 0 aromatic heterocycles. The molecule has 1 saturated heterocycles. The maximum atomic E-state index is 6.04. The lowest BCUT2D eigenvalue weighted by Gasteiger charge is -2.37. The van der Waals surface area contributed by atoms with Crippen molar-refractivity contribution in [1.82, 2.24) is 9.80 Å². The Kier molecular flexibility index (Phi) is 3.21. The molecule has 1 aromatic carbocycles. The normalized spacial score (nSPS) is 20.2. The first kappa shape index (κ1) is 11.2. The van der Waals surface area contributed by atoms with Crippen molar-refractivity contribution in [2.45, 2.75) is 0 Å². The molecule has 0 atom stereocenters. The van der Waals surface area contributed by atoms with Gasteiger partial charge in [-0.3, -0.25) is 4.48 Å². The molecule has 1 fully saturated rings. The molecule has 0 aliphatic carbocycles. The quantitative estimate of drug-likeness (QED) is 0.751. The summed E-state index contributed by atoms with van der Waals surface area (Å²) in [7, 11) is 2.24. The van der Waals surface area contributed by atoms with Crippen LogP contribution in [0.25, 0.3) is 0 Å². The van der Waals surface area contributed by atoms with Crippen molar-refractivity contribution in [3.8, 4) is 0 Å². The fourth-order valence-corrected chi connectivity index (χ4v) is 2.26. The van der Waals surface area contributed by atoms with Gasteiger partial charge in [0, 0.05) is 25.2 Å². The standard InChI is InChI=1S/C11H15Cl2N2/c1-15(6-4-14-5-7-15)9-2-3-10(12)11(13)8-9/h2-3,8,14H,4-7H2,1H3/q+1. The topological polar surface area (TPSA) is 12.0 Å². The van der Waals surface area contributed by atoms with Gasteiger partial charge < -0.3 is 5.32 Å². The third-order valence-corrected chi connectivity index (χ3v) is 3.83. The summed E-state index contributed by atoms with van der Waals surface area (Å²) in [5.74, 6) is 0. The zero-order valence-electron chi connectivity index (χ0n) is 8.76. The summed E-state index contributed by atoms with van der Waals surface area (Å²) in [4.78, 5) is 0. The molecule has 2 rings (SSSR count). The highest BCUT2D eigenvalue weighted by Crippen LogP contribution is 2.30. The van der Waals surface area contributed by atoms with Crippen molar-refractivity contribution >= 4 is 28.9 Å². The monoisotopic (exact) mass is 245 g/mol. The largest absolute Gasteiger partial charge is 0.306 e. The van der Waals surface area contributed by atoms with Crippen LogP contribution in [0.3, 0.4) is 0 Å². The second kappa shape index (κ2) is 4.30. The number of nitrogens with zero attached hydrogens (tertiary/aromatic N) is 1. The van der Waals surface area contributed by atoms with E-state index in [0.717, 1.165) is 30.7 Å². The number of benzene rings is 1. The van der Waals surface area contributed by atoms with Crippen molar-refractivity contribution < 1.29 is 0 Å². The zero-order valence-corrected chi connectivity index (χ0v) is 10.3. The number of quaternary nitrogens is 1. The molecular weight excluding hydrogens is 231 g/mol. The molecule has 1 aromatic rings. The SMILES string of the molecule is C[N+]1(c2ccc(Cl)c(Cl)c2)CCNCC1. The highest BCUT2D eigenvalue weighted by Gasteiger charge is 2.27. The van der Waals surface area contributed by atoms with E-state index in [9.17, 15) is 0 Å². The van der Waals surface area contributed by atoms with Gasteiger partial charge in [0.1, 0.15) is 5.69 Å². The Morgan fingerprint density at radius 3 is 2.40 bits per heavy atom. The second-order valence-electron chi connectivity index (χ2n) is 4.19. The van der Waals surface area contributed by atoms with E-state index in [0.29, 0.717) is 10.0 Å². The Bertz CT molecular complexity index is 360. The molecule has 1 heterocycles. The van der Waals surface area contributed by atoms with Crippen molar-refractivity contribution in [1.29, 1.82) is 0 Å². The van der Waals surface area contributed by atoms with Gasteiger partial charge in [-0.15, -0.1) is 0 Å². The molecule has 0 amide bonds. The van der Waals surface area contributed by atoms with E-state index >= 15 is 0 Å². The van der Waals surface area contributed by atoms with E-state index in [1.165, 1.54) is 5.69 Å². The molecule has 4 heteroatoms. The summed E-state index contributed by atoms with van der Waals surface area (Å²) >= 11 is 12.0. The fraction of sp³-hybridized carbons (Fsp3) is 0.455. The number of piperazine rings is 1. The van der Waals surface area contributed by atoms with E-state index < -0.39 is 0 Å². The number of likely N-dealkylation sites (N-methyl/N-ethyl adjacent to an activating group) is 1. The number of nitrogens with one attached hydrogen (secondary N) is 1. The van der Waals surface area contributed by atoms with Gasteiger partial charge in [0.05, 0.1) is 30.2 Å². The first-order chi connectivity index (χ1) is 7.12. The molecule has 0 saturated carbocycles. The van der Waals surface area contributed by atoms with E-state index in [2.05, 4.69) is 18.4 Å². The number of rotatable bonds is 1. The Labute approximate surface area is 100 Å². The summed E-state index contributed by atoms with van der Waals surface area (Å²) in [6, 6.07) is 5.93.